The van der Waals surface area contributed by atoms with Gasteiger partial charge in [0, 0.05) is 6.04 Å². The minimum Gasteiger partial charge on any atom is -0.430 e. The van der Waals surface area contributed by atoms with Crippen molar-refractivity contribution < 1.29 is 9.53 Å². The SMILES string of the molecule is C#CC(C)(C)OC(=O)NC(C)C. The summed E-state index contributed by atoms with van der Waals surface area (Å²) < 4.78 is 4.91. The van der Waals surface area contributed by atoms with Crippen molar-refractivity contribution in [2.75, 3.05) is 0 Å². The molecule has 3 heteroatoms. The maximum Gasteiger partial charge on any atom is 0.408 e. The zero-order valence-electron chi connectivity index (χ0n) is 7.97. The van der Waals surface area contributed by atoms with Gasteiger partial charge < -0.3 is 10.1 Å². The first-order valence-electron chi connectivity index (χ1n) is 3.84. The average molecular weight is 169 g/mol. The van der Waals surface area contributed by atoms with Crippen LogP contribution in [0.2, 0.25) is 0 Å². The summed E-state index contributed by atoms with van der Waals surface area (Å²) in [7, 11) is 0. The van der Waals surface area contributed by atoms with Gasteiger partial charge in [0.2, 0.25) is 0 Å². The third-order valence-electron chi connectivity index (χ3n) is 1.10. The Morgan fingerprint density at radius 1 is 1.58 bits per heavy atom. The van der Waals surface area contributed by atoms with Crippen LogP contribution in [0.25, 0.3) is 0 Å². The quantitative estimate of drug-likeness (QED) is 0.637. The lowest BCUT2D eigenvalue weighted by Crippen LogP contribution is -2.36. The molecule has 0 radical (unpaired) electrons. The lowest BCUT2D eigenvalue weighted by Gasteiger charge is -2.19. The van der Waals surface area contributed by atoms with Gasteiger partial charge in [-0.1, -0.05) is 5.92 Å². The van der Waals surface area contributed by atoms with E-state index in [1.807, 2.05) is 13.8 Å². The van der Waals surface area contributed by atoms with Crippen molar-refractivity contribution in [2.45, 2.75) is 39.3 Å². The molecule has 1 amide bonds. The van der Waals surface area contributed by atoms with Gasteiger partial charge in [-0.25, -0.2) is 4.79 Å². The molecule has 0 saturated carbocycles. The van der Waals surface area contributed by atoms with E-state index in [2.05, 4.69) is 11.2 Å². The van der Waals surface area contributed by atoms with Crippen LogP contribution >= 0.6 is 0 Å². The molecule has 0 aliphatic heterocycles. The Morgan fingerprint density at radius 2 is 2.08 bits per heavy atom. The van der Waals surface area contributed by atoms with E-state index in [0.717, 1.165) is 0 Å². The van der Waals surface area contributed by atoms with Crippen molar-refractivity contribution in [2.24, 2.45) is 0 Å². The van der Waals surface area contributed by atoms with Crippen LogP contribution in [0.15, 0.2) is 0 Å². The van der Waals surface area contributed by atoms with E-state index in [1.54, 1.807) is 13.8 Å². The van der Waals surface area contributed by atoms with E-state index < -0.39 is 11.7 Å². The van der Waals surface area contributed by atoms with E-state index in [-0.39, 0.29) is 6.04 Å². The number of alkyl carbamates (subject to hydrolysis) is 1. The fraction of sp³-hybridized carbons (Fsp3) is 0.667. The highest BCUT2D eigenvalue weighted by Crippen LogP contribution is 2.06. The van der Waals surface area contributed by atoms with Gasteiger partial charge in [-0.15, -0.1) is 6.42 Å². The first kappa shape index (κ1) is 10.8. The van der Waals surface area contributed by atoms with E-state index in [1.165, 1.54) is 0 Å². The number of ether oxygens (including phenoxy) is 1. The average Bonchev–Trinajstić information content (AvgIpc) is 1.84. The van der Waals surface area contributed by atoms with Crippen LogP contribution in [0.5, 0.6) is 0 Å². The molecule has 0 heterocycles. The summed E-state index contributed by atoms with van der Waals surface area (Å²) in [6.45, 7) is 7.02. The number of amides is 1. The Kier molecular flexibility index (Phi) is 3.62. The number of hydrogen-bond acceptors (Lipinski definition) is 2. The second-order valence-electron chi connectivity index (χ2n) is 3.34. The predicted molar refractivity (Wildman–Crippen MR) is 47.7 cm³/mol. The van der Waals surface area contributed by atoms with E-state index in [9.17, 15) is 4.79 Å². The van der Waals surface area contributed by atoms with Gasteiger partial charge in [0.15, 0.2) is 5.60 Å². The van der Waals surface area contributed by atoms with E-state index in [4.69, 9.17) is 11.2 Å². The van der Waals surface area contributed by atoms with Crippen LogP contribution in [0, 0.1) is 12.3 Å². The van der Waals surface area contributed by atoms with Crippen molar-refractivity contribution in [3.63, 3.8) is 0 Å². The van der Waals surface area contributed by atoms with Crippen molar-refractivity contribution in [1.82, 2.24) is 5.32 Å². The molecule has 3 nitrogen and oxygen atoms in total. The Hall–Kier alpha value is -1.17. The highest BCUT2D eigenvalue weighted by molar-refractivity contribution is 5.68. The monoisotopic (exact) mass is 169 g/mol. The molecule has 12 heavy (non-hydrogen) atoms. The first-order chi connectivity index (χ1) is 5.37. The summed E-state index contributed by atoms with van der Waals surface area (Å²) in [6.07, 6.45) is 4.65. The van der Waals surface area contributed by atoms with Crippen molar-refractivity contribution >= 4 is 6.09 Å². The molecule has 0 spiro atoms. The number of hydrogen-bond donors (Lipinski definition) is 1. The molecule has 0 aromatic heterocycles. The number of carbonyl (C=O) groups excluding carboxylic acids is 1. The molecule has 0 aromatic rings. The predicted octanol–water partition coefficient (Wildman–Crippen LogP) is 1.53. The molecule has 0 aliphatic rings. The van der Waals surface area contributed by atoms with Crippen molar-refractivity contribution in [3.05, 3.63) is 0 Å². The molecule has 0 bridgehead atoms. The number of carbonyl (C=O) groups is 1. The van der Waals surface area contributed by atoms with Gasteiger partial charge in [0.05, 0.1) is 0 Å². The Labute approximate surface area is 73.5 Å². The molecule has 0 fully saturated rings. The molecule has 68 valence electrons. The zero-order chi connectivity index (χ0) is 9.78. The van der Waals surface area contributed by atoms with Crippen LogP contribution in [-0.4, -0.2) is 17.7 Å². The minimum atomic E-state index is -0.834. The van der Waals surface area contributed by atoms with Gasteiger partial charge >= 0.3 is 6.09 Å². The fourth-order valence-corrected chi connectivity index (χ4v) is 0.526. The summed E-state index contributed by atoms with van der Waals surface area (Å²) in [4.78, 5) is 11.0. The second kappa shape index (κ2) is 4.01. The van der Waals surface area contributed by atoms with Crippen LogP contribution in [0.3, 0.4) is 0 Å². The Morgan fingerprint density at radius 3 is 2.42 bits per heavy atom. The lowest BCUT2D eigenvalue weighted by molar-refractivity contribution is 0.0765. The highest BCUT2D eigenvalue weighted by Gasteiger charge is 2.19. The largest absolute Gasteiger partial charge is 0.430 e. The summed E-state index contributed by atoms with van der Waals surface area (Å²) in [5.41, 5.74) is -0.834. The van der Waals surface area contributed by atoms with Crippen LogP contribution in [-0.2, 0) is 4.74 Å². The molecule has 0 atom stereocenters. The summed E-state index contributed by atoms with van der Waals surface area (Å²) in [5.74, 6) is 2.36. The van der Waals surface area contributed by atoms with Gasteiger partial charge in [-0.2, -0.15) is 0 Å². The van der Waals surface area contributed by atoms with Gasteiger partial charge in [-0.3, -0.25) is 0 Å². The highest BCUT2D eigenvalue weighted by atomic mass is 16.6. The molecule has 0 aliphatic carbocycles. The smallest absolute Gasteiger partial charge is 0.408 e. The molecule has 0 saturated heterocycles. The molecule has 0 aromatic carbocycles. The number of rotatable bonds is 2. The van der Waals surface area contributed by atoms with Crippen molar-refractivity contribution in [3.8, 4) is 12.3 Å². The number of terminal acetylenes is 1. The zero-order valence-corrected chi connectivity index (χ0v) is 7.97. The van der Waals surface area contributed by atoms with Gasteiger partial charge in [0.1, 0.15) is 0 Å². The lowest BCUT2D eigenvalue weighted by atomic mass is 10.1. The molecule has 0 rings (SSSR count). The third kappa shape index (κ3) is 4.62. The normalized spacial score (nSPS) is 10.7. The van der Waals surface area contributed by atoms with E-state index >= 15 is 0 Å². The molecule has 1 N–H and O–H groups in total. The molecular formula is C9H15NO2. The maximum atomic E-state index is 11.0. The van der Waals surface area contributed by atoms with Crippen molar-refractivity contribution in [1.29, 1.82) is 0 Å². The topological polar surface area (TPSA) is 38.3 Å². The van der Waals surface area contributed by atoms with Crippen LogP contribution in [0.4, 0.5) is 4.79 Å². The van der Waals surface area contributed by atoms with Crippen LogP contribution in [0.1, 0.15) is 27.7 Å². The van der Waals surface area contributed by atoms with Gasteiger partial charge in [0.25, 0.3) is 0 Å². The third-order valence-corrected chi connectivity index (χ3v) is 1.10. The van der Waals surface area contributed by atoms with E-state index in [0.29, 0.717) is 0 Å². The first-order valence-corrected chi connectivity index (χ1v) is 3.84. The van der Waals surface area contributed by atoms with Gasteiger partial charge in [-0.05, 0) is 27.7 Å². The minimum absolute atomic E-state index is 0.0612. The molecular weight excluding hydrogens is 154 g/mol. The Balaban J connectivity index is 3.95. The summed E-state index contributed by atoms with van der Waals surface area (Å²) >= 11 is 0. The Bertz CT molecular complexity index is 201. The van der Waals surface area contributed by atoms with Crippen LogP contribution < -0.4 is 5.32 Å². The summed E-state index contributed by atoms with van der Waals surface area (Å²) in [6, 6.07) is 0.0612. The second-order valence-corrected chi connectivity index (χ2v) is 3.34. The fourth-order valence-electron chi connectivity index (χ4n) is 0.526. The summed E-state index contributed by atoms with van der Waals surface area (Å²) in [5, 5.41) is 2.58. The number of nitrogens with one attached hydrogen (secondary N) is 1. The molecule has 0 unspecified atom stereocenters. The standard InChI is InChI=1S/C9H15NO2/c1-6-9(4,5)12-8(11)10-7(2)3/h1,7H,2-5H3,(H,10,11). The maximum absolute atomic E-state index is 11.0.